The number of hydrogen-bond acceptors (Lipinski definition) is 8. The highest BCUT2D eigenvalue weighted by Crippen LogP contribution is 2.13. The Morgan fingerprint density at radius 3 is 1.82 bits per heavy atom. The molecule has 0 bridgehead atoms. The van der Waals surface area contributed by atoms with E-state index in [-0.39, 0.29) is 18.7 Å². The summed E-state index contributed by atoms with van der Waals surface area (Å²) >= 11 is 0. The molecule has 278 valence electrons. The number of hydrogen-bond donors (Lipinski definition) is 8. The van der Waals surface area contributed by atoms with Crippen molar-refractivity contribution in [2.24, 2.45) is 5.73 Å². The third-order valence-electron chi connectivity index (χ3n) is 8.24. The van der Waals surface area contributed by atoms with Gasteiger partial charge in [-0.1, -0.05) is 84.0 Å². The Kier molecular flexibility index (Phi) is 22.0. The van der Waals surface area contributed by atoms with Gasteiger partial charge < -0.3 is 42.4 Å². The van der Waals surface area contributed by atoms with Crippen LogP contribution in [0.25, 0.3) is 0 Å². The van der Waals surface area contributed by atoms with Gasteiger partial charge in [-0.05, 0) is 20.3 Å². The van der Waals surface area contributed by atoms with Crippen LogP contribution < -0.4 is 32.3 Å². The number of likely N-dealkylation sites (N-methyl/N-ethyl adjacent to an activating group) is 1. The number of aliphatic hydroxyl groups excluding tert-OH is 1. The molecule has 0 saturated heterocycles. The quantitative estimate of drug-likeness (QED) is 0.0626. The number of rotatable bonds is 27. The Morgan fingerprint density at radius 2 is 1.33 bits per heavy atom. The summed E-state index contributed by atoms with van der Waals surface area (Å²) in [7, 11) is 1.31. The smallest absolute Gasteiger partial charge is 0.245 e. The first-order valence-electron chi connectivity index (χ1n) is 17.7. The summed E-state index contributed by atoms with van der Waals surface area (Å²) in [5, 5.41) is 22.5. The van der Waals surface area contributed by atoms with E-state index in [1.807, 2.05) is 0 Å². The maximum Gasteiger partial charge on any atom is 0.245 e. The molecule has 0 aliphatic rings. The van der Waals surface area contributed by atoms with Crippen LogP contribution in [-0.2, 0) is 35.2 Å². The van der Waals surface area contributed by atoms with E-state index < -0.39 is 66.2 Å². The van der Waals surface area contributed by atoms with Crippen LogP contribution in [0.2, 0.25) is 0 Å². The summed E-state index contributed by atoms with van der Waals surface area (Å²) in [5.74, 6) is -4.19. The summed E-state index contributed by atoms with van der Waals surface area (Å²) in [6.45, 7) is 4.87. The number of aromatic nitrogens is 2. The van der Waals surface area contributed by atoms with E-state index in [0.29, 0.717) is 12.1 Å². The number of nitrogens with zero attached hydrogens (tertiary/aromatic N) is 1. The van der Waals surface area contributed by atoms with E-state index in [4.69, 9.17) is 5.73 Å². The Hall–Kier alpha value is -4.01. The van der Waals surface area contributed by atoms with Gasteiger partial charge in [0.05, 0.1) is 18.9 Å². The van der Waals surface area contributed by atoms with Gasteiger partial charge in [0.25, 0.3) is 0 Å². The summed E-state index contributed by atoms with van der Waals surface area (Å²) in [5.41, 5.74) is 5.77. The largest absolute Gasteiger partial charge is 0.391 e. The molecule has 0 radical (unpaired) electrons. The van der Waals surface area contributed by atoms with Crippen molar-refractivity contribution in [1.82, 2.24) is 36.6 Å². The van der Waals surface area contributed by atoms with Crippen LogP contribution in [0.1, 0.15) is 123 Å². The third kappa shape index (κ3) is 18.9. The standard InChI is InChI=1S/C34H60N8O7/c1-5-6-7-8-9-10-11-12-13-14-15-16-17-18-29(45)40-26(19-25-21-37-22-38-25)33(48)39-23(2)31(46)42-30(24(3)43)34(49)41-27(20-28(35)44)32(47)36-4/h21-24,26-27,30,43H,5-20H2,1-4H3,(H2,35,44)(H,36,47)(H,37,38)(H,39,48)(H,40,45)(H,41,49)(H,42,46)/t23-,24+,26-,27-,30-/m0/s1. The summed E-state index contributed by atoms with van der Waals surface area (Å²) in [6.07, 6.45) is 16.9. The first kappa shape index (κ1) is 43.0. The van der Waals surface area contributed by atoms with E-state index >= 15 is 0 Å². The number of nitrogens with one attached hydrogen (secondary N) is 6. The lowest BCUT2D eigenvalue weighted by Crippen LogP contribution is -2.60. The second kappa shape index (κ2) is 25.0. The topological polar surface area (TPSA) is 237 Å². The number of carbonyl (C=O) groups is 6. The molecule has 1 rings (SSSR count). The maximum absolute atomic E-state index is 13.3. The molecule has 1 heterocycles. The van der Waals surface area contributed by atoms with E-state index in [1.165, 1.54) is 91.2 Å². The van der Waals surface area contributed by atoms with Gasteiger partial charge in [0, 0.05) is 31.8 Å². The lowest BCUT2D eigenvalue weighted by Gasteiger charge is -2.26. The SMILES string of the molecule is CCCCCCCCCCCCCCCC(=O)N[C@@H](Cc1cnc[nH]1)C(=O)N[C@@H](C)C(=O)N[C@H](C(=O)N[C@@H](CC(N)=O)C(=O)NC)[C@@H](C)O. The fourth-order valence-corrected chi connectivity index (χ4v) is 5.30. The van der Waals surface area contributed by atoms with Gasteiger partial charge in [0.1, 0.15) is 24.2 Å². The molecule has 0 saturated carbocycles. The number of unbranched alkanes of at least 4 members (excludes halogenated alkanes) is 12. The van der Waals surface area contributed by atoms with Crippen molar-refractivity contribution in [2.45, 2.75) is 154 Å². The molecule has 1 aromatic heterocycles. The lowest BCUT2D eigenvalue weighted by molar-refractivity contribution is -0.136. The van der Waals surface area contributed by atoms with Gasteiger partial charge in [0.2, 0.25) is 35.4 Å². The minimum absolute atomic E-state index is 0.101. The second-order valence-electron chi connectivity index (χ2n) is 12.7. The predicted octanol–water partition coefficient (Wildman–Crippen LogP) is 1.39. The monoisotopic (exact) mass is 692 g/mol. The number of H-pyrrole nitrogens is 1. The zero-order chi connectivity index (χ0) is 36.6. The minimum Gasteiger partial charge on any atom is -0.391 e. The third-order valence-corrected chi connectivity index (χ3v) is 8.24. The van der Waals surface area contributed by atoms with Gasteiger partial charge in [0.15, 0.2) is 0 Å². The molecule has 0 aliphatic carbocycles. The Labute approximate surface area is 290 Å². The zero-order valence-electron chi connectivity index (χ0n) is 29.8. The molecular weight excluding hydrogens is 632 g/mol. The number of imidazole rings is 1. The fraction of sp³-hybridized carbons (Fsp3) is 0.735. The van der Waals surface area contributed by atoms with Crippen molar-refractivity contribution in [3.05, 3.63) is 18.2 Å². The Balaban J connectivity index is 2.62. The average Bonchev–Trinajstić information content (AvgIpc) is 3.57. The van der Waals surface area contributed by atoms with Crippen LogP contribution in [0.4, 0.5) is 0 Å². The van der Waals surface area contributed by atoms with Crippen LogP contribution in [0.5, 0.6) is 0 Å². The van der Waals surface area contributed by atoms with Crippen molar-refractivity contribution in [3.8, 4) is 0 Å². The number of amides is 6. The van der Waals surface area contributed by atoms with Crippen molar-refractivity contribution >= 4 is 35.4 Å². The van der Waals surface area contributed by atoms with Crippen molar-refractivity contribution in [2.75, 3.05) is 7.05 Å². The highest BCUT2D eigenvalue weighted by Gasteiger charge is 2.32. The number of aliphatic hydroxyl groups is 1. The molecule has 0 aromatic carbocycles. The second-order valence-corrected chi connectivity index (χ2v) is 12.7. The Morgan fingerprint density at radius 1 is 0.755 bits per heavy atom. The Bertz CT molecular complexity index is 1150. The van der Waals surface area contributed by atoms with Crippen LogP contribution in [0.15, 0.2) is 12.5 Å². The number of primary amides is 1. The molecule has 0 fully saturated rings. The molecule has 15 nitrogen and oxygen atoms in total. The first-order chi connectivity index (χ1) is 23.4. The maximum atomic E-state index is 13.3. The van der Waals surface area contributed by atoms with E-state index in [2.05, 4.69) is 43.5 Å². The fourth-order valence-electron chi connectivity index (χ4n) is 5.30. The normalized spacial score (nSPS) is 14.1. The van der Waals surface area contributed by atoms with Crippen LogP contribution >= 0.6 is 0 Å². The summed E-state index contributed by atoms with van der Waals surface area (Å²) in [4.78, 5) is 82.2. The van der Waals surface area contributed by atoms with Crippen molar-refractivity contribution in [1.29, 1.82) is 0 Å². The molecule has 6 amide bonds. The highest BCUT2D eigenvalue weighted by molar-refractivity contribution is 5.96. The molecular formula is C34H60N8O7. The molecule has 1 aromatic rings. The molecule has 9 N–H and O–H groups in total. The molecule has 49 heavy (non-hydrogen) atoms. The molecule has 0 unspecified atom stereocenters. The predicted molar refractivity (Wildman–Crippen MR) is 186 cm³/mol. The number of aromatic amines is 1. The van der Waals surface area contributed by atoms with Gasteiger partial charge in [-0.2, -0.15) is 0 Å². The molecule has 5 atom stereocenters. The number of nitrogens with two attached hydrogens (primary N) is 1. The van der Waals surface area contributed by atoms with Crippen molar-refractivity contribution in [3.63, 3.8) is 0 Å². The summed E-state index contributed by atoms with van der Waals surface area (Å²) < 4.78 is 0. The van der Waals surface area contributed by atoms with Gasteiger partial charge in [-0.15, -0.1) is 0 Å². The highest BCUT2D eigenvalue weighted by atomic mass is 16.3. The minimum atomic E-state index is -1.52. The van der Waals surface area contributed by atoms with E-state index in [1.54, 1.807) is 0 Å². The van der Waals surface area contributed by atoms with Crippen LogP contribution in [0, 0.1) is 0 Å². The van der Waals surface area contributed by atoms with Crippen LogP contribution in [-0.4, -0.2) is 87.8 Å². The first-order valence-corrected chi connectivity index (χ1v) is 17.7. The van der Waals surface area contributed by atoms with E-state index in [9.17, 15) is 33.9 Å². The molecule has 0 aliphatic heterocycles. The van der Waals surface area contributed by atoms with Crippen LogP contribution in [0.3, 0.4) is 0 Å². The van der Waals surface area contributed by atoms with Gasteiger partial charge >= 0.3 is 0 Å². The zero-order valence-corrected chi connectivity index (χ0v) is 29.8. The van der Waals surface area contributed by atoms with E-state index in [0.717, 1.165) is 19.3 Å². The average molecular weight is 693 g/mol. The lowest BCUT2D eigenvalue weighted by atomic mass is 10.0. The molecule has 0 spiro atoms. The van der Waals surface area contributed by atoms with Gasteiger partial charge in [-0.25, -0.2) is 4.98 Å². The molecule has 15 heteroatoms. The summed E-state index contributed by atoms with van der Waals surface area (Å²) in [6, 6.07) is -5.03. The number of carbonyl (C=O) groups excluding carboxylic acids is 6. The van der Waals surface area contributed by atoms with Crippen molar-refractivity contribution < 1.29 is 33.9 Å². The van der Waals surface area contributed by atoms with Gasteiger partial charge in [-0.3, -0.25) is 28.8 Å².